The van der Waals surface area contributed by atoms with Crippen molar-refractivity contribution in [2.45, 2.75) is 142 Å². The molecule has 64 heavy (non-hydrogen) atoms. The van der Waals surface area contributed by atoms with Gasteiger partial charge >= 0.3 is 12.1 Å². The molecular formula is C48H69N5O11. The summed E-state index contributed by atoms with van der Waals surface area (Å²) in [6.45, 7) is 13.5. The van der Waals surface area contributed by atoms with Crippen LogP contribution in [0.15, 0.2) is 60.8 Å². The van der Waals surface area contributed by atoms with Crippen molar-refractivity contribution in [2.75, 3.05) is 27.7 Å². The number of aryl methyl sites for hydroxylation is 1. The molecule has 2 saturated heterocycles. The molecule has 1 aromatic heterocycles. The van der Waals surface area contributed by atoms with Gasteiger partial charge in [0.05, 0.1) is 29.9 Å². The van der Waals surface area contributed by atoms with Crippen molar-refractivity contribution < 1.29 is 53.1 Å². The molecule has 5 rings (SSSR count). The van der Waals surface area contributed by atoms with Gasteiger partial charge in [-0.25, -0.2) is 4.79 Å². The lowest BCUT2D eigenvalue weighted by Gasteiger charge is -2.47. The molecule has 0 saturated carbocycles. The number of amides is 1. The van der Waals surface area contributed by atoms with E-state index >= 15 is 0 Å². The number of benzene rings is 2. The summed E-state index contributed by atoms with van der Waals surface area (Å²) in [7, 11) is 5.14. The molecule has 0 spiro atoms. The Hall–Kier alpha value is -4.58. The van der Waals surface area contributed by atoms with Crippen molar-refractivity contribution >= 4 is 23.6 Å². The van der Waals surface area contributed by atoms with Gasteiger partial charge in [-0.15, -0.1) is 5.10 Å². The molecule has 0 unspecified atom stereocenters. The molecule has 0 aliphatic carbocycles. The number of rotatable bonds is 12. The summed E-state index contributed by atoms with van der Waals surface area (Å²) < 4.78 is 32.2. The predicted molar refractivity (Wildman–Crippen MR) is 239 cm³/mol. The van der Waals surface area contributed by atoms with Crippen LogP contribution in [0.2, 0.25) is 0 Å². The van der Waals surface area contributed by atoms with Crippen LogP contribution in [0.1, 0.15) is 81.1 Å². The zero-order valence-electron chi connectivity index (χ0n) is 39.2. The van der Waals surface area contributed by atoms with Crippen LogP contribution in [-0.2, 0) is 44.6 Å². The highest BCUT2D eigenvalue weighted by molar-refractivity contribution is 6.00. The molecule has 3 heterocycles. The fourth-order valence-corrected chi connectivity index (χ4v) is 9.23. The number of aliphatic hydroxyl groups is 2. The quantitative estimate of drug-likeness (QED) is 0.117. The van der Waals surface area contributed by atoms with Crippen LogP contribution in [-0.4, -0.2) is 136 Å². The highest BCUT2D eigenvalue weighted by atomic mass is 16.7. The fourth-order valence-electron chi connectivity index (χ4n) is 9.23. The van der Waals surface area contributed by atoms with Crippen molar-refractivity contribution in [1.29, 1.82) is 0 Å². The molecule has 3 aromatic rings. The number of aliphatic hydroxyl groups excluding tert-OH is 1. The van der Waals surface area contributed by atoms with E-state index in [1.54, 1.807) is 39.3 Å². The number of carbonyl (C=O) groups is 4. The van der Waals surface area contributed by atoms with Gasteiger partial charge < -0.3 is 44.1 Å². The number of ketones is 2. The minimum absolute atomic E-state index is 0.0184. The van der Waals surface area contributed by atoms with Crippen LogP contribution in [0.5, 0.6) is 0 Å². The fraction of sp³-hybridized carbons (Fsp3) is 0.625. The number of ether oxygens (including phenoxy) is 5. The lowest BCUT2D eigenvalue weighted by atomic mass is 9.74. The first-order valence-corrected chi connectivity index (χ1v) is 22.4. The van der Waals surface area contributed by atoms with Crippen LogP contribution in [0, 0.1) is 23.7 Å². The Morgan fingerprint density at radius 3 is 2.19 bits per heavy atom. The van der Waals surface area contributed by atoms with Crippen LogP contribution >= 0.6 is 0 Å². The molecule has 2 aromatic carbocycles. The van der Waals surface area contributed by atoms with Crippen LogP contribution in [0.3, 0.4) is 0 Å². The van der Waals surface area contributed by atoms with E-state index in [1.807, 2.05) is 74.6 Å². The Morgan fingerprint density at radius 1 is 0.938 bits per heavy atom. The largest absolute Gasteiger partial charge is 0.459 e. The van der Waals surface area contributed by atoms with Gasteiger partial charge in [0, 0.05) is 43.6 Å². The molecule has 16 nitrogen and oxygen atoms in total. The van der Waals surface area contributed by atoms with Crippen molar-refractivity contribution in [1.82, 2.24) is 25.2 Å². The highest BCUT2D eigenvalue weighted by Gasteiger charge is 2.53. The van der Waals surface area contributed by atoms with E-state index < -0.39 is 83.4 Å². The third-order valence-corrected chi connectivity index (χ3v) is 13.2. The Labute approximate surface area is 377 Å². The molecule has 0 bridgehead atoms. The third-order valence-electron chi connectivity index (χ3n) is 13.2. The van der Waals surface area contributed by atoms with Crippen molar-refractivity contribution in [3.05, 3.63) is 60.8 Å². The first-order valence-electron chi connectivity index (χ1n) is 22.4. The van der Waals surface area contributed by atoms with E-state index in [4.69, 9.17) is 23.7 Å². The maximum atomic E-state index is 14.5. The van der Waals surface area contributed by atoms with Crippen molar-refractivity contribution in [3.63, 3.8) is 0 Å². The lowest BCUT2D eigenvalue weighted by molar-refractivity contribution is -0.295. The van der Waals surface area contributed by atoms with Gasteiger partial charge in [0.1, 0.15) is 41.3 Å². The summed E-state index contributed by atoms with van der Waals surface area (Å²) in [6, 6.07) is 17.8. The van der Waals surface area contributed by atoms with E-state index in [9.17, 15) is 29.4 Å². The van der Waals surface area contributed by atoms with E-state index in [0.717, 1.165) is 16.7 Å². The molecule has 2 fully saturated rings. The van der Waals surface area contributed by atoms with E-state index in [2.05, 4.69) is 27.8 Å². The van der Waals surface area contributed by atoms with Gasteiger partial charge in [0.2, 0.25) is 0 Å². The zero-order valence-corrected chi connectivity index (χ0v) is 39.2. The second-order valence-corrected chi connectivity index (χ2v) is 18.3. The number of Topliss-reactive ketones (excluding diaryl/α,β-unsaturated/α-hetero) is 2. The summed E-state index contributed by atoms with van der Waals surface area (Å²) in [5, 5.41) is 34.9. The molecule has 352 valence electrons. The monoisotopic (exact) mass is 891 g/mol. The number of hydrogen-bond donors (Lipinski definition) is 3. The smallest absolute Gasteiger partial charge is 0.407 e. The van der Waals surface area contributed by atoms with Gasteiger partial charge in [-0.3, -0.25) is 19.1 Å². The maximum absolute atomic E-state index is 14.5. The summed E-state index contributed by atoms with van der Waals surface area (Å²) in [6.07, 6.45) is -4.40. The number of nitrogens with zero attached hydrogens (tertiary/aromatic N) is 4. The SMILES string of the molecule is CC[C@H]1OC(=O)[C@H](C)C(=O)[C@H](C)[C@@H](O[C@H]2O[C@@H](C)C[C@@H](N(C)C)[C@@H]2O)[C@](C)(OC)C[C@@H](C)C(=O)[C@H](C)[C@@H](OC(=O)NCCCn2cc(-c3ccc(-c4ccccc4)cc3)nn2)[C@]1(C)O. The van der Waals surface area contributed by atoms with Gasteiger partial charge in [-0.05, 0) is 78.6 Å². The number of likely N-dealkylation sites (N-methyl/N-ethyl adjacent to an activating group) is 1. The lowest BCUT2D eigenvalue weighted by Crippen LogP contribution is -2.60. The average molecular weight is 892 g/mol. The zero-order chi connectivity index (χ0) is 47.1. The van der Waals surface area contributed by atoms with Crippen molar-refractivity contribution in [3.8, 4) is 22.4 Å². The second-order valence-electron chi connectivity index (χ2n) is 18.3. The Morgan fingerprint density at radius 2 is 1.56 bits per heavy atom. The first kappa shape index (κ1) is 50.4. The predicted octanol–water partition coefficient (Wildman–Crippen LogP) is 5.47. The minimum Gasteiger partial charge on any atom is -0.459 e. The minimum atomic E-state index is -2.07. The van der Waals surface area contributed by atoms with E-state index in [1.165, 1.54) is 21.0 Å². The maximum Gasteiger partial charge on any atom is 0.407 e. The van der Waals surface area contributed by atoms with E-state index in [-0.39, 0.29) is 37.3 Å². The molecule has 2 aliphatic rings. The summed E-state index contributed by atoms with van der Waals surface area (Å²) in [5.74, 6) is -6.05. The Kier molecular flexibility index (Phi) is 17.0. The summed E-state index contributed by atoms with van der Waals surface area (Å²) >= 11 is 0. The number of alkyl carbamates (subject to hydrolysis) is 1. The normalized spacial score (nSPS) is 33.3. The number of cyclic esters (lactones) is 1. The molecule has 0 radical (unpaired) electrons. The molecule has 2 aliphatic heterocycles. The van der Waals surface area contributed by atoms with Gasteiger partial charge in [0.15, 0.2) is 12.1 Å². The number of hydrogen-bond acceptors (Lipinski definition) is 14. The standard InChI is InChI=1S/C48H69N5O11/c1-12-38-48(8,59)43(64-46(58)49-23-16-24-53-27-36(50-51-53)35-21-19-34(20-22-35)33-17-14-13-15-18-33)30(4)39(54)28(2)26-47(7,60-11)42(31(5)40(55)32(6)44(57)62-38)63-45-41(56)37(52(9)10)25-29(3)61-45/h13-15,17-22,27-32,37-38,41-43,45,56,59H,12,16,23-26H2,1-11H3,(H,49,58)/t28-,29+,30+,31+,32-,37-,38-,41+,42-,43-,45-,47-,48-/m1/s1. The molecule has 13 atom stereocenters. The van der Waals surface area contributed by atoms with Crippen LogP contribution < -0.4 is 5.32 Å². The molecule has 16 heteroatoms. The number of methoxy groups -OCH3 is 1. The molecule has 3 N–H and O–H groups in total. The summed E-state index contributed by atoms with van der Waals surface area (Å²) in [5.41, 5.74) is 0.396. The topological polar surface area (TPSA) is 201 Å². The third kappa shape index (κ3) is 11.6. The average Bonchev–Trinajstić information content (AvgIpc) is 3.76. The van der Waals surface area contributed by atoms with Crippen LogP contribution in [0.25, 0.3) is 22.4 Å². The van der Waals surface area contributed by atoms with Gasteiger partial charge in [-0.1, -0.05) is 87.5 Å². The first-order chi connectivity index (χ1) is 30.2. The number of esters is 1. The Bertz CT molecular complexity index is 2030. The number of aromatic nitrogens is 3. The van der Waals surface area contributed by atoms with Crippen LogP contribution in [0.4, 0.5) is 4.79 Å². The second kappa shape index (κ2) is 21.6. The number of nitrogens with one attached hydrogen (secondary N) is 1. The highest BCUT2D eigenvalue weighted by Crippen LogP contribution is 2.39. The van der Waals surface area contributed by atoms with Gasteiger partial charge in [-0.2, -0.15) is 0 Å². The molecular weight excluding hydrogens is 823 g/mol. The summed E-state index contributed by atoms with van der Waals surface area (Å²) in [4.78, 5) is 57.9. The van der Waals surface area contributed by atoms with Gasteiger partial charge in [0.25, 0.3) is 0 Å². The van der Waals surface area contributed by atoms with Crippen molar-refractivity contribution in [2.24, 2.45) is 23.7 Å². The van der Waals surface area contributed by atoms with E-state index in [0.29, 0.717) is 25.1 Å². The molecule has 1 amide bonds. The Balaban J connectivity index is 1.32. The number of carbonyl (C=O) groups excluding carboxylic acids is 4.